The molecule has 0 amide bonds. The molecule has 34 heavy (non-hydrogen) atoms. The van der Waals surface area contributed by atoms with Gasteiger partial charge in [-0.25, -0.2) is 27.3 Å². The van der Waals surface area contributed by atoms with Gasteiger partial charge in [-0.05, 0) is 37.3 Å². The van der Waals surface area contributed by atoms with E-state index in [0.29, 0.717) is 48.1 Å². The number of hydrogen-bond acceptors (Lipinski definition) is 8. The van der Waals surface area contributed by atoms with Gasteiger partial charge in [0.1, 0.15) is 16.4 Å². The Balaban J connectivity index is 1.63. The van der Waals surface area contributed by atoms with E-state index in [4.69, 9.17) is 14.7 Å². The van der Waals surface area contributed by atoms with Crippen LogP contribution in [0.15, 0.2) is 66.2 Å². The summed E-state index contributed by atoms with van der Waals surface area (Å²) in [4.78, 5) is 23.4. The van der Waals surface area contributed by atoms with E-state index in [1.807, 2.05) is 12.1 Å². The molecule has 0 spiro atoms. The Hall–Kier alpha value is -3.83. The fourth-order valence-corrected chi connectivity index (χ4v) is 5.58. The molecule has 1 aliphatic heterocycles. The molecule has 0 unspecified atom stereocenters. The van der Waals surface area contributed by atoms with Crippen LogP contribution in [0.1, 0.15) is 6.92 Å². The summed E-state index contributed by atoms with van der Waals surface area (Å²) in [6.45, 7) is 3.83. The van der Waals surface area contributed by atoms with Crippen LogP contribution in [0.2, 0.25) is 0 Å². The Morgan fingerprint density at radius 1 is 1.12 bits per heavy atom. The Morgan fingerprint density at radius 2 is 2.03 bits per heavy atom. The predicted octanol–water partition coefficient (Wildman–Crippen LogP) is 2.83. The zero-order chi connectivity index (χ0) is 23.3. The van der Waals surface area contributed by atoms with Crippen LogP contribution in [0.4, 0.5) is 5.82 Å². The van der Waals surface area contributed by atoms with Crippen molar-refractivity contribution >= 4 is 37.9 Å². The Kier molecular flexibility index (Phi) is 4.82. The fourth-order valence-electron chi connectivity index (χ4n) is 4.32. The summed E-state index contributed by atoms with van der Waals surface area (Å²) < 4.78 is 33.8. The van der Waals surface area contributed by atoms with Crippen molar-refractivity contribution in [2.75, 3.05) is 24.7 Å². The fraction of sp³-hybridized carbons (Fsp3) is 0.217. The van der Waals surface area contributed by atoms with Crippen molar-refractivity contribution < 1.29 is 13.2 Å². The van der Waals surface area contributed by atoms with E-state index in [-0.39, 0.29) is 10.9 Å². The highest BCUT2D eigenvalue weighted by Crippen LogP contribution is 2.33. The van der Waals surface area contributed by atoms with Crippen molar-refractivity contribution in [3.05, 3.63) is 61.3 Å². The molecule has 11 heteroatoms. The third kappa shape index (κ3) is 3.24. The second-order valence-electron chi connectivity index (χ2n) is 8.13. The van der Waals surface area contributed by atoms with E-state index in [2.05, 4.69) is 26.8 Å². The average Bonchev–Trinajstić information content (AvgIpc) is 3.52. The average molecular weight is 476 g/mol. The number of aromatic amines is 1. The van der Waals surface area contributed by atoms with Gasteiger partial charge in [0.25, 0.3) is 10.0 Å². The third-order valence-corrected chi connectivity index (χ3v) is 7.67. The van der Waals surface area contributed by atoms with Gasteiger partial charge in [0.2, 0.25) is 0 Å². The standard InChI is InChI=1S/C23H21N7O3S/c1-15-14-33-12-11-29(15)22-19-6-10-30(34(31,32)16-3-2-7-24-13-16)23(19)28-21(27-22)18-5-9-26-20-17(18)4-8-25-20/h2-10,13,15H,11-12,14H2,1H3,(H,25,26)/t15-/m1/s1. The molecule has 5 aromatic heterocycles. The van der Waals surface area contributed by atoms with Gasteiger partial charge < -0.3 is 14.6 Å². The molecule has 1 fully saturated rings. The van der Waals surface area contributed by atoms with Crippen molar-refractivity contribution in [1.82, 2.24) is 28.9 Å². The summed E-state index contributed by atoms with van der Waals surface area (Å²) in [6.07, 6.45) is 7.89. The van der Waals surface area contributed by atoms with Crippen LogP contribution in [0, 0.1) is 0 Å². The maximum Gasteiger partial charge on any atom is 0.270 e. The smallest absolute Gasteiger partial charge is 0.270 e. The van der Waals surface area contributed by atoms with Crippen LogP contribution in [0.25, 0.3) is 33.5 Å². The number of rotatable bonds is 4. The van der Waals surface area contributed by atoms with E-state index < -0.39 is 10.0 Å². The first kappa shape index (κ1) is 20.8. The third-order valence-electron chi connectivity index (χ3n) is 6.02. The van der Waals surface area contributed by atoms with Crippen molar-refractivity contribution in [2.45, 2.75) is 17.9 Å². The molecule has 10 nitrogen and oxygen atoms in total. The topological polar surface area (TPSA) is 119 Å². The van der Waals surface area contributed by atoms with E-state index in [1.165, 1.54) is 28.6 Å². The molecular formula is C23H21N7O3S. The minimum atomic E-state index is -3.91. The summed E-state index contributed by atoms with van der Waals surface area (Å²) >= 11 is 0. The molecule has 1 N–H and O–H groups in total. The van der Waals surface area contributed by atoms with Crippen LogP contribution < -0.4 is 4.90 Å². The Labute approximate surface area is 195 Å². The molecular weight excluding hydrogens is 454 g/mol. The number of aromatic nitrogens is 6. The van der Waals surface area contributed by atoms with Gasteiger partial charge in [-0.3, -0.25) is 4.98 Å². The van der Waals surface area contributed by atoms with E-state index >= 15 is 0 Å². The second kappa shape index (κ2) is 7.89. The number of fused-ring (bicyclic) bond motifs is 2. The number of hydrogen-bond donors (Lipinski definition) is 1. The van der Waals surface area contributed by atoms with Crippen molar-refractivity contribution in [3.8, 4) is 11.4 Å². The first-order chi connectivity index (χ1) is 16.5. The molecule has 1 aliphatic rings. The Bertz CT molecular complexity index is 1610. The van der Waals surface area contributed by atoms with E-state index in [9.17, 15) is 8.42 Å². The summed E-state index contributed by atoms with van der Waals surface area (Å²) in [5, 5.41) is 1.51. The molecule has 0 bridgehead atoms. The lowest BCUT2D eigenvalue weighted by molar-refractivity contribution is 0.0987. The highest BCUT2D eigenvalue weighted by molar-refractivity contribution is 7.90. The zero-order valence-electron chi connectivity index (χ0n) is 18.3. The molecule has 0 radical (unpaired) electrons. The highest BCUT2D eigenvalue weighted by atomic mass is 32.2. The van der Waals surface area contributed by atoms with Gasteiger partial charge in [0.05, 0.1) is 24.6 Å². The van der Waals surface area contributed by atoms with Gasteiger partial charge in [0.15, 0.2) is 11.5 Å². The van der Waals surface area contributed by atoms with Crippen LogP contribution in [-0.4, -0.2) is 63.1 Å². The number of H-pyrrole nitrogens is 1. The van der Waals surface area contributed by atoms with Crippen LogP contribution in [0.5, 0.6) is 0 Å². The zero-order valence-corrected chi connectivity index (χ0v) is 19.1. The quantitative estimate of drug-likeness (QED) is 0.421. The molecule has 172 valence electrons. The molecule has 0 aliphatic carbocycles. The second-order valence-corrected chi connectivity index (χ2v) is 9.94. The summed E-state index contributed by atoms with van der Waals surface area (Å²) in [6, 6.07) is 8.69. The van der Waals surface area contributed by atoms with Crippen LogP contribution in [-0.2, 0) is 14.8 Å². The SMILES string of the molecule is C[C@@H]1COCCN1c1nc(-c2ccnc3[nH]ccc23)nc2c1ccn2S(=O)(=O)c1cccnc1. The van der Waals surface area contributed by atoms with Crippen molar-refractivity contribution in [3.63, 3.8) is 0 Å². The number of anilines is 1. The maximum absolute atomic E-state index is 13.5. The number of ether oxygens (including phenoxy) is 1. The van der Waals surface area contributed by atoms with E-state index in [1.54, 1.807) is 24.5 Å². The van der Waals surface area contributed by atoms with Gasteiger partial charge in [-0.15, -0.1) is 0 Å². The molecule has 1 saturated heterocycles. The van der Waals surface area contributed by atoms with Crippen molar-refractivity contribution in [1.29, 1.82) is 0 Å². The molecule has 5 aromatic rings. The molecule has 0 aromatic carbocycles. The highest BCUT2D eigenvalue weighted by Gasteiger charge is 2.27. The molecule has 1 atom stereocenters. The molecule has 0 saturated carbocycles. The lowest BCUT2D eigenvalue weighted by Gasteiger charge is -2.34. The number of nitrogens with one attached hydrogen (secondary N) is 1. The first-order valence-corrected chi connectivity index (χ1v) is 12.3. The minimum absolute atomic E-state index is 0.0719. The molecule has 6 rings (SSSR count). The summed E-state index contributed by atoms with van der Waals surface area (Å²) in [7, 11) is -3.91. The van der Waals surface area contributed by atoms with Gasteiger partial charge in [-0.1, -0.05) is 0 Å². The van der Waals surface area contributed by atoms with Gasteiger partial charge in [0, 0.05) is 48.5 Å². The van der Waals surface area contributed by atoms with Gasteiger partial charge >= 0.3 is 0 Å². The number of morpholine rings is 1. The maximum atomic E-state index is 13.5. The monoisotopic (exact) mass is 475 g/mol. The number of pyridine rings is 2. The van der Waals surface area contributed by atoms with Gasteiger partial charge in [-0.2, -0.15) is 0 Å². The summed E-state index contributed by atoms with van der Waals surface area (Å²) in [5.74, 6) is 1.10. The lowest BCUT2D eigenvalue weighted by Crippen LogP contribution is -2.44. The van der Waals surface area contributed by atoms with Crippen LogP contribution >= 0.6 is 0 Å². The first-order valence-electron chi connectivity index (χ1n) is 10.9. The predicted molar refractivity (Wildman–Crippen MR) is 127 cm³/mol. The Morgan fingerprint density at radius 3 is 2.85 bits per heavy atom. The summed E-state index contributed by atoms with van der Waals surface area (Å²) in [5.41, 5.74) is 1.78. The molecule has 6 heterocycles. The number of nitrogens with zero attached hydrogens (tertiary/aromatic N) is 6. The minimum Gasteiger partial charge on any atom is -0.377 e. The van der Waals surface area contributed by atoms with Crippen molar-refractivity contribution in [2.24, 2.45) is 0 Å². The van der Waals surface area contributed by atoms with Crippen LogP contribution in [0.3, 0.4) is 0 Å². The normalized spacial score (nSPS) is 17.0. The lowest BCUT2D eigenvalue weighted by atomic mass is 10.1. The van der Waals surface area contributed by atoms with E-state index in [0.717, 1.165) is 10.9 Å². The largest absolute Gasteiger partial charge is 0.377 e.